The topological polar surface area (TPSA) is 66.5 Å². The number of rotatable bonds is 5. The van der Waals surface area contributed by atoms with Crippen LogP contribution in [0, 0.1) is 0 Å². The number of pyridine rings is 1. The van der Waals surface area contributed by atoms with E-state index in [1.807, 2.05) is 6.92 Å². The van der Waals surface area contributed by atoms with Crippen LogP contribution in [-0.4, -0.2) is 55.1 Å². The summed E-state index contributed by atoms with van der Waals surface area (Å²) in [5.74, 6) is 0.439. The first-order chi connectivity index (χ1) is 9.29. The van der Waals surface area contributed by atoms with Crippen LogP contribution in [0.25, 0.3) is 0 Å². The minimum absolute atomic E-state index is 0.0316. The van der Waals surface area contributed by atoms with E-state index in [9.17, 15) is 4.79 Å². The van der Waals surface area contributed by atoms with E-state index in [0.29, 0.717) is 24.7 Å². The number of nitrogens with zero attached hydrogens (tertiary/aromatic N) is 2. The molecule has 6 nitrogen and oxygen atoms in total. The fourth-order valence-electron chi connectivity index (χ4n) is 2.00. The van der Waals surface area contributed by atoms with Crippen molar-refractivity contribution in [3.63, 3.8) is 0 Å². The molecule has 0 aromatic carbocycles. The number of amides is 1. The fraction of sp³-hybridized carbons (Fsp3) is 0.538. The summed E-state index contributed by atoms with van der Waals surface area (Å²) in [5.41, 5.74) is 0.629. The third kappa shape index (κ3) is 4.18. The van der Waals surface area contributed by atoms with E-state index in [4.69, 9.17) is 4.74 Å². The van der Waals surface area contributed by atoms with Crippen molar-refractivity contribution in [1.29, 1.82) is 0 Å². The highest BCUT2D eigenvalue weighted by atomic mass is 16.5. The van der Waals surface area contributed by atoms with Gasteiger partial charge in [-0.15, -0.1) is 0 Å². The van der Waals surface area contributed by atoms with E-state index in [-0.39, 0.29) is 5.91 Å². The molecular formula is C13H20N4O2. The molecule has 0 radical (unpaired) electrons. The Morgan fingerprint density at radius 3 is 3.05 bits per heavy atom. The highest BCUT2D eigenvalue weighted by Crippen LogP contribution is 2.20. The first kappa shape index (κ1) is 13.8. The lowest BCUT2D eigenvalue weighted by Crippen LogP contribution is -2.46. The predicted molar refractivity (Wildman–Crippen MR) is 73.3 cm³/mol. The molecule has 6 heteroatoms. The number of carbonyl (C=O) groups is 1. The van der Waals surface area contributed by atoms with E-state index in [0.717, 1.165) is 26.2 Å². The van der Waals surface area contributed by atoms with Crippen LogP contribution in [0.15, 0.2) is 18.3 Å². The van der Waals surface area contributed by atoms with E-state index >= 15 is 0 Å². The molecule has 19 heavy (non-hydrogen) atoms. The molecular weight excluding hydrogens is 244 g/mol. The molecule has 1 aromatic rings. The third-order valence-electron chi connectivity index (χ3n) is 2.90. The van der Waals surface area contributed by atoms with Crippen LogP contribution >= 0.6 is 0 Å². The molecule has 0 atom stereocenters. The maximum Gasteiger partial charge on any atom is 0.238 e. The number of piperazine rings is 1. The summed E-state index contributed by atoms with van der Waals surface area (Å²) in [4.78, 5) is 18.2. The van der Waals surface area contributed by atoms with Crippen molar-refractivity contribution in [2.75, 3.05) is 44.6 Å². The van der Waals surface area contributed by atoms with Gasteiger partial charge in [0.1, 0.15) is 5.69 Å². The van der Waals surface area contributed by atoms with Crippen LogP contribution in [0.2, 0.25) is 0 Å². The number of aromatic nitrogens is 1. The van der Waals surface area contributed by atoms with E-state index < -0.39 is 0 Å². The van der Waals surface area contributed by atoms with Gasteiger partial charge in [-0.2, -0.15) is 0 Å². The minimum Gasteiger partial charge on any atom is -0.476 e. The Bertz CT molecular complexity index is 419. The van der Waals surface area contributed by atoms with Gasteiger partial charge >= 0.3 is 0 Å². The summed E-state index contributed by atoms with van der Waals surface area (Å²) >= 11 is 0. The van der Waals surface area contributed by atoms with Gasteiger partial charge in [0.2, 0.25) is 11.8 Å². The maximum absolute atomic E-state index is 12.0. The average molecular weight is 264 g/mol. The molecule has 1 aromatic heterocycles. The number of nitrogens with one attached hydrogen (secondary N) is 2. The zero-order valence-electron chi connectivity index (χ0n) is 11.2. The lowest BCUT2D eigenvalue weighted by Gasteiger charge is -2.26. The first-order valence-corrected chi connectivity index (χ1v) is 6.60. The summed E-state index contributed by atoms with van der Waals surface area (Å²) in [6.07, 6.45) is 1.65. The second-order valence-corrected chi connectivity index (χ2v) is 4.36. The van der Waals surface area contributed by atoms with Crippen molar-refractivity contribution in [3.8, 4) is 5.88 Å². The second kappa shape index (κ2) is 7.06. The number of anilines is 1. The smallest absolute Gasteiger partial charge is 0.238 e. The van der Waals surface area contributed by atoms with Crippen molar-refractivity contribution in [2.24, 2.45) is 0 Å². The molecule has 0 aliphatic carbocycles. The van der Waals surface area contributed by atoms with Crippen LogP contribution in [0.3, 0.4) is 0 Å². The lowest BCUT2D eigenvalue weighted by molar-refractivity contribution is -0.117. The molecule has 1 saturated heterocycles. The zero-order valence-corrected chi connectivity index (χ0v) is 11.2. The SMILES string of the molecule is CCOc1ncccc1NC(=O)CN1CCNCC1. The summed E-state index contributed by atoms with van der Waals surface area (Å²) < 4.78 is 5.38. The Morgan fingerprint density at radius 1 is 1.53 bits per heavy atom. The van der Waals surface area contributed by atoms with Gasteiger partial charge < -0.3 is 15.4 Å². The molecule has 1 aliphatic heterocycles. The third-order valence-corrected chi connectivity index (χ3v) is 2.90. The van der Waals surface area contributed by atoms with Crippen molar-refractivity contribution >= 4 is 11.6 Å². The lowest BCUT2D eigenvalue weighted by atomic mass is 10.3. The Labute approximate surface area is 113 Å². The average Bonchev–Trinajstić information content (AvgIpc) is 2.42. The van der Waals surface area contributed by atoms with E-state index in [1.165, 1.54) is 0 Å². The molecule has 2 N–H and O–H groups in total. The normalized spacial score (nSPS) is 16.1. The van der Waals surface area contributed by atoms with Crippen LogP contribution in [-0.2, 0) is 4.79 Å². The zero-order chi connectivity index (χ0) is 13.5. The van der Waals surface area contributed by atoms with Gasteiger partial charge in [-0.25, -0.2) is 4.98 Å². The van der Waals surface area contributed by atoms with Crippen LogP contribution in [0.5, 0.6) is 5.88 Å². The van der Waals surface area contributed by atoms with Gasteiger partial charge in [-0.05, 0) is 19.1 Å². The fourth-order valence-corrected chi connectivity index (χ4v) is 2.00. The molecule has 104 valence electrons. The monoisotopic (exact) mass is 264 g/mol. The van der Waals surface area contributed by atoms with Crippen LogP contribution in [0.4, 0.5) is 5.69 Å². The van der Waals surface area contributed by atoms with Gasteiger partial charge in [0.25, 0.3) is 0 Å². The van der Waals surface area contributed by atoms with Crippen LogP contribution in [0.1, 0.15) is 6.92 Å². The minimum atomic E-state index is -0.0316. The van der Waals surface area contributed by atoms with Gasteiger partial charge in [-0.3, -0.25) is 9.69 Å². The molecule has 0 bridgehead atoms. The Hall–Kier alpha value is -1.66. The quantitative estimate of drug-likeness (QED) is 0.802. The standard InChI is InChI=1S/C13H20N4O2/c1-2-19-13-11(4-3-5-15-13)16-12(18)10-17-8-6-14-7-9-17/h3-5,14H,2,6-10H2,1H3,(H,16,18). The van der Waals surface area contributed by atoms with Gasteiger partial charge in [-0.1, -0.05) is 0 Å². The molecule has 1 fully saturated rings. The first-order valence-electron chi connectivity index (χ1n) is 6.60. The van der Waals surface area contributed by atoms with Crippen LogP contribution < -0.4 is 15.4 Å². The highest BCUT2D eigenvalue weighted by molar-refractivity contribution is 5.93. The highest BCUT2D eigenvalue weighted by Gasteiger charge is 2.15. The Morgan fingerprint density at radius 2 is 2.32 bits per heavy atom. The number of carbonyl (C=O) groups excluding carboxylic acids is 1. The predicted octanol–water partition coefficient (Wildman–Crippen LogP) is 0.324. The van der Waals surface area contributed by atoms with Gasteiger partial charge in [0.05, 0.1) is 13.2 Å². The van der Waals surface area contributed by atoms with Crippen molar-refractivity contribution in [3.05, 3.63) is 18.3 Å². The van der Waals surface area contributed by atoms with Gasteiger partial charge in [0, 0.05) is 32.4 Å². The van der Waals surface area contributed by atoms with E-state index in [2.05, 4.69) is 20.5 Å². The molecule has 2 heterocycles. The van der Waals surface area contributed by atoms with Crippen molar-refractivity contribution in [2.45, 2.75) is 6.92 Å². The number of ether oxygens (including phenoxy) is 1. The Kier molecular flexibility index (Phi) is 5.11. The van der Waals surface area contributed by atoms with E-state index in [1.54, 1.807) is 18.3 Å². The maximum atomic E-state index is 12.0. The molecule has 0 saturated carbocycles. The molecule has 1 aliphatic rings. The summed E-state index contributed by atoms with van der Waals surface area (Å²) in [5, 5.41) is 6.11. The molecule has 0 spiro atoms. The van der Waals surface area contributed by atoms with Crippen molar-refractivity contribution < 1.29 is 9.53 Å². The largest absolute Gasteiger partial charge is 0.476 e. The van der Waals surface area contributed by atoms with Crippen molar-refractivity contribution in [1.82, 2.24) is 15.2 Å². The molecule has 0 unspecified atom stereocenters. The second-order valence-electron chi connectivity index (χ2n) is 4.36. The summed E-state index contributed by atoms with van der Waals surface area (Å²) in [6, 6.07) is 3.58. The summed E-state index contributed by atoms with van der Waals surface area (Å²) in [7, 11) is 0. The Balaban J connectivity index is 1.90. The molecule has 2 rings (SSSR count). The van der Waals surface area contributed by atoms with Gasteiger partial charge in [0.15, 0.2) is 0 Å². The summed E-state index contributed by atoms with van der Waals surface area (Å²) in [6.45, 7) is 6.49. The number of hydrogen-bond acceptors (Lipinski definition) is 5. The number of hydrogen-bond donors (Lipinski definition) is 2. The molecule has 1 amide bonds.